The number of thiophene rings is 1. The number of hydrogen-bond donors (Lipinski definition) is 1. The number of ether oxygens (including phenoxy) is 1. The first-order valence-corrected chi connectivity index (χ1v) is 7.10. The van der Waals surface area contributed by atoms with Gasteiger partial charge in [-0.15, -0.1) is 0 Å². The molecule has 0 aliphatic heterocycles. The van der Waals surface area contributed by atoms with E-state index in [-0.39, 0.29) is 12.1 Å². The Bertz CT molecular complexity index is 511. The molecule has 4 heteroatoms. The van der Waals surface area contributed by atoms with Crippen LogP contribution in [0.1, 0.15) is 24.2 Å². The lowest BCUT2D eigenvalue weighted by atomic mass is 10.1. The summed E-state index contributed by atoms with van der Waals surface area (Å²) in [6, 6.07) is 7.58. The largest absolute Gasteiger partial charge is 0.484 e. The molecule has 1 heterocycles. The second-order valence-electron chi connectivity index (χ2n) is 4.36. The first-order valence-electron chi connectivity index (χ1n) is 5.78. The Kier molecular flexibility index (Phi) is 4.27. The fourth-order valence-corrected chi connectivity index (χ4v) is 2.71. The second-order valence-corrected chi connectivity index (χ2v) is 5.58. The Morgan fingerprint density at radius 1 is 1.33 bits per heavy atom. The molecule has 0 fully saturated rings. The summed E-state index contributed by atoms with van der Waals surface area (Å²) in [6.45, 7) is 3.93. The van der Waals surface area contributed by atoms with Gasteiger partial charge in [-0.1, -0.05) is 11.6 Å². The summed E-state index contributed by atoms with van der Waals surface area (Å²) >= 11 is 7.58. The molecule has 18 heavy (non-hydrogen) atoms. The lowest BCUT2D eigenvalue weighted by Gasteiger charge is -2.23. The quantitative estimate of drug-likeness (QED) is 0.912. The van der Waals surface area contributed by atoms with Gasteiger partial charge in [-0.25, -0.2) is 0 Å². The molecule has 1 aromatic carbocycles. The molecule has 0 amide bonds. The smallest absolute Gasteiger partial charge is 0.139 e. The molecule has 2 rings (SSSR count). The summed E-state index contributed by atoms with van der Waals surface area (Å²) in [5.41, 5.74) is 8.14. The minimum absolute atomic E-state index is 0.0744. The lowest BCUT2D eigenvalue weighted by Crippen LogP contribution is -2.28. The van der Waals surface area contributed by atoms with Crippen molar-refractivity contribution < 1.29 is 4.74 Å². The van der Waals surface area contributed by atoms with E-state index in [1.54, 1.807) is 11.3 Å². The molecule has 96 valence electrons. The van der Waals surface area contributed by atoms with Gasteiger partial charge in [0.25, 0.3) is 0 Å². The van der Waals surface area contributed by atoms with Crippen molar-refractivity contribution >= 4 is 22.9 Å². The van der Waals surface area contributed by atoms with E-state index >= 15 is 0 Å². The van der Waals surface area contributed by atoms with Crippen molar-refractivity contribution in [2.45, 2.75) is 26.0 Å². The summed E-state index contributed by atoms with van der Waals surface area (Å²) in [6.07, 6.45) is -0.129. The summed E-state index contributed by atoms with van der Waals surface area (Å²) in [7, 11) is 0. The van der Waals surface area contributed by atoms with Gasteiger partial charge in [0.1, 0.15) is 11.9 Å². The van der Waals surface area contributed by atoms with E-state index < -0.39 is 0 Å². The summed E-state index contributed by atoms with van der Waals surface area (Å²) in [4.78, 5) is 0. The number of halogens is 1. The molecule has 2 atom stereocenters. The summed E-state index contributed by atoms with van der Waals surface area (Å²) in [5.74, 6) is 0.827. The Morgan fingerprint density at radius 3 is 2.67 bits per heavy atom. The number of rotatable bonds is 4. The highest BCUT2D eigenvalue weighted by Crippen LogP contribution is 2.29. The van der Waals surface area contributed by atoms with Crippen LogP contribution in [-0.4, -0.2) is 6.04 Å². The van der Waals surface area contributed by atoms with Crippen LogP contribution >= 0.6 is 22.9 Å². The molecular formula is C14H16ClNOS. The van der Waals surface area contributed by atoms with Crippen LogP contribution in [0.25, 0.3) is 0 Å². The van der Waals surface area contributed by atoms with E-state index in [0.717, 1.165) is 16.9 Å². The average Bonchev–Trinajstić information content (AvgIpc) is 2.80. The van der Waals surface area contributed by atoms with Gasteiger partial charge < -0.3 is 10.5 Å². The van der Waals surface area contributed by atoms with Gasteiger partial charge in [0.2, 0.25) is 0 Å². The topological polar surface area (TPSA) is 35.2 Å². The molecule has 0 saturated carbocycles. The maximum Gasteiger partial charge on any atom is 0.139 e. The Labute approximate surface area is 116 Å². The number of aryl methyl sites for hydroxylation is 1. The standard InChI is InChI=1S/C14H16ClNOS/c1-9-7-12(15)3-4-13(9)17-14(10(2)16)11-5-6-18-8-11/h3-8,10,14H,16H2,1-2H3. The van der Waals surface area contributed by atoms with Crippen molar-refractivity contribution in [3.05, 3.63) is 51.2 Å². The van der Waals surface area contributed by atoms with Gasteiger partial charge in [-0.05, 0) is 54.4 Å². The van der Waals surface area contributed by atoms with Crippen LogP contribution in [0.4, 0.5) is 0 Å². The third-order valence-electron chi connectivity index (χ3n) is 2.74. The molecule has 0 radical (unpaired) electrons. The first kappa shape index (κ1) is 13.4. The van der Waals surface area contributed by atoms with E-state index in [1.165, 1.54) is 0 Å². The van der Waals surface area contributed by atoms with Crippen molar-refractivity contribution in [2.24, 2.45) is 5.73 Å². The van der Waals surface area contributed by atoms with Crippen LogP contribution in [0.3, 0.4) is 0 Å². The maximum atomic E-state index is 6.03. The molecule has 0 spiro atoms. The predicted octanol–water partition coefficient (Wildman–Crippen LogP) is 4.18. The highest BCUT2D eigenvalue weighted by atomic mass is 35.5. The van der Waals surface area contributed by atoms with Gasteiger partial charge >= 0.3 is 0 Å². The minimum atomic E-state index is -0.129. The highest BCUT2D eigenvalue weighted by Gasteiger charge is 2.19. The molecule has 2 nitrogen and oxygen atoms in total. The highest BCUT2D eigenvalue weighted by molar-refractivity contribution is 7.07. The number of hydrogen-bond acceptors (Lipinski definition) is 3. The van der Waals surface area contributed by atoms with E-state index in [4.69, 9.17) is 22.1 Å². The van der Waals surface area contributed by atoms with Gasteiger partial charge in [-0.3, -0.25) is 0 Å². The average molecular weight is 282 g/mol. The van der Waals surface area contributed by atoms with Crippen molar-refractivity contribution in [2.75, 3.05) is 0 Å². The van der Waals surface area contributed by atoms with Crippen LogP contribution in [0.5, 0.6) is 5.75 Å². The summed E-state index contributed by atoms with van der Waals surface area (Å²) in [5, 5.41) is 4.81. The number of benzene rings is 1. The fraction of sp³-hybridized carbons (Fsp3) is 0.286. The van der Waals surface area contributed by atoms with Crippen LogP contribution in [0, 0.1) is 6.92 Å². The number of nitrogens with two attached hydrogens (primary N) is 1. The van der Waals surface area contributed by atoms with Gasteiger partial charge in [-0.2, -0.15) is 11.3 Å². The van der Waals surface area contributed by atoms with Gasteiger partial charge in [0.15, 0.2) is 0 Å². The third-order valence-corrected chi connectivity index (χ3v) is 3.68. The molecule has 2 unspecified atom stereocenters. The van der Waals surface area contributed by atoms with Gasteiger partial charge in [0.05, 0.1) is 0 Å². The lowest BCUT2D eigenvalue weighted by molar-refractivity contribution is 0.179. The first-order chi connectivity index (χ1) is 8.58. The van der Waals surface area contributed by atoms with Crippen LogP contribution < -0.4 is 10.5 Å². The molecule has 2 aromatic rings. The molecule has 0 saturated heterocycles. The summed E-state index contributed by atoms with van der Waals surface area (Å²) < 4.78 is 6.03. The third kappa shape index (κ3) is 3.05. The second kappa shape index (κ2) is 5.74. The Hall–Kier alpha value is -1.03. The zero-order valence-electron chi connectivity index (χ0n) is 10.4. The van der Waals surface area contributed by atoms with Crippen LogP contribution in [-0.2, 0) is 0 Å². The van der Waals surface area contributed by atoms with E-state index in [2.05, 4.69) is 5.38 Å². The Morgan fingerprint density at radius 2 is 2.11 bits per heavy atom. The van der Waals surface area contributed by atoms with Crippen LogP contribution in [0.15, 0.2) is 35.0 Å². The zero-order chi connectivity index (χ0) is 13.1. The van der Waals surface area contributed by atoms with Crippen molar-refractivity contribution in [1.29, 1.82) is 0 Å². The van der Waals surface area contributed by atoms with Crippen LogP contribution in [0.2, 0.25) is 5.02 Å². The molecule has 1 aromatic heterocycles. The molecule has 0 aliphatic rings. The van der Waals surface area contributed by atoms with Gasteiger partial charge in [0, 0.05) is 16.6 Å². The zero-order valence-corrected chi connectivity index (χ0v) is 12.0. The van der Waals surface area contributed by atoms with E-state index in [9.17, 15) is 0 Å². The monoisotopic (exact) mass is 281 g/mol. The Balaban J connectivity index is 2.24. The van der Waals surface area contributed by atoms with E-state index in [0.29, 0.717) is 5.02 Å². The SMILES string of the molecule is Cc1cc(Cl)ccc1OC(c1ccsc1)C(C)N. The predicted molar refractivity (Wildman–Crippen MR) is 77.5 cm³/mol. The fourth-order valence-electron chi connectivity index (χ4n) is 1.80. The molecule has 0 aliphatic carbocycles. The molecule has 0 bridgehead atoms. The normalized spacial score (nSPS) is 14.2. The maximum absolute atomic E-state index is 6.03. The van der Waals surface area contributed by atoms with Crippen molar-refractivity contribution in [1.82, 2.24) is 0 Å². The minimum Gasteiger partial charge on any atom is -0.484 e. The van der Waals surface area contributed by atoms with Crippen molar-refractivity contribution in [3.63, 3.8) is 0 Å². The van der Waals surface area contributed by atoms with E-state index in [1.807, 2.05) is 43.5 Å². The molecule has 2 N–H and O–H groups in total. The molecular weight excluding hydrogens is 266 g/mol. The van der Waals surface area contributed by atoms with Crippen molar-refractivity contribution in [3.8, 4) is 5.75 Å².